The first-order valence-electron chi connectivity index (χ1n) is 6.72. The third kappa shape index (κ3) is 3.77. The largest absolute Gasteiger partial charge is 0.402 e. The van der Waals surface area contributed by atoms with Crippen LogP contribution in [-0.2, 0) is 0 Å². The molecule has 1 aromatic heterocycles. The molecule has 0 aliphatic rings. The van der Waals surface area contributed by atoms with Crippen molar-refractivity contribution in [3.8, 4) is 0 Å². The van der Waals surface area contributed by atoms with Gasteiger partial charge in [-0.05, 0) is 50.3 Å². The van der Waals surface area contributed by atoms with Gasteiger partial charge in [0, 0.05) is 22.6 Å². The number of aromatic nitrogens is 2. The van der Waals surface area contributed by atoms with E-state index in [1.165, 1.54) is 6.20 Å². The Kier molecular flexibility index (Phi) is 5.01. The van der Waals surface area contributed by atoms with E-state index in [0.717, 1.165) is 17.1 Å². The minimum atomic E-state index is 0.516. The predicted molar refractivity (Wildman–Crippen MR) is 92.9 cm³/mol. The molecule has 0 saturated carbocycles. The summed E-state index contributed by atoms with van der Waals surface area (Å²) in [7, 11) is 0. The molecule has 1 heterocycles. The second-order valence-electron chi connectivity index (χ2n) is 4.70. The Hall–Kier alpha value is -2.53. The normalized spacial score (nSPS) is 12.3. The Balaban J connectivity index is 2.28. The molecule has 0 unspecified atom stereocenters. The van der Waals surface area contributed by atoms with E-state index >= 15 is 0 Å². The highest BCUT2D eigenvalue weighted by molar-refractivity contribution is 6.30. The number of rotatable bonds is 4. The van der Waals surface area contributed by atoms with Crippen molar-refractivity contribution in [2.24, 2.45) is 10.7 Å². The van der Waals surface area contributed by atoms with Gasteiger partial charge in [0.25, 0.3) is 0 Å². The van der Waals surface area contributed by atoms with Crippen LogP contribution in [-0.4, -0.2) is 15.6 Å². The summed E-state index contributed by atoms with van der Waals surface area (Å²) in [6.07, 6.45) is 3.02. The average Bonchev–Trinajstić information content (AvgIpc) is 2.84. The van der Waals surface area contributed by atoms with E-state index < -0.39 is 0 Å². The Labute approximate surface area is 134 Å². The zero-order chi connectivity index (χ0) is 16.1. The molecule has 0 radical (unpaired) electrons. The maximum atomic E-state index is 5.87. The Morgan fingerprint density at radius 3 is 2.55 bits per heavy atom. The van der Waals surface area contributed by atoms with E-state index in [9.17, 15) is 0 Å². The molecule has 0 saturated heterocycles. The topological polar surface area (TPSA) is 68.2 Å². The number of nitrogens with two attached hydrogens (primary N) is 1. The molecule has 2 rings (SSSR count). The fraction of sp³-hybridized carbons (Fsp3) is 0.125. The van der Waals surface area contributed by atoms with Crippen molar-refractivity contribution >= 4 is 28.9 Å². The van der Waals surface area contributed by atoms with E-state index in [2.05, 4.69) is 22.0 Å². The van der Waals surface area contributed by atoms with Gasteiger partial charge in [-0.2, -0.15) is 5.10 Å². The zero-order valence-corrected chi connectivity index (χ0v) is 13.3. The Morgan fingerprint density at radius 2 is 2.05 bits per heavy atom. The molecule has 0 bridgehead atoms. The van der Waals surface area contributed by atoms with Gasteiger partial charge < -0.3 is 11.1 Å². The van der Waals surface area contributed by atoms with Crippen molar-refractivity contribution in [1.29, 1.82) is 0 Å². The molecule has 0 aliphatic carbocycles. The molecular weight excluding hydrogens is 298 g/mol. The number of hydrogen-bond acceptors (Lipinski definition) is 3. The fourth-order valence-electron chi connectivity index (χ4n) is 1.95. The highest BCUT2D eigenvalue weighted by Gasteiger charge is 2.06. The summed E-state index contributed by atoms with van der Waals surface area (Å²) in [6.45, 7) is 7.63. The van der Waals surface area contributed by atoms with E-state index in [4.69, 9.17) is 17.3 Å². The second-order valence-corrected chi connectivity index (χ2v) is 5.13. The van der Waals surface area contributed by atoms with Gasteiger partial charge in [-0.3, -0.25) is 0 Å². The van der Waals surface area contributed by atoms with Gasteiger partial charge in [0.15, 0.2) is 5.82 Å². The van der Waals surface area contributed by atoms with E-state index in [0.29, 0.717) is 16.7 Å². The highest BCUT2D eigenvalue weighted by Crippen LogP contribution is 2.15. The van der Waals surface area contributed by atoms with Crippen LogP contribution >= 0.6 is 11.6 Å². The summed E-state index contributed by atoms with van der Waals surface area (Å²) in [5.74, 6) is 1.08. The molecule has 3 N–H and O–H groups in total. The number of benzene rings is 1. The maximum absolute atomic E-state index is 5.87. The van der Waals surface area contributed by atoms with Crippen molar-refractivity contribution in [2.75, 3.05) is 5.32 Å². The summed E-state index contributed by atoms with van der Waals surface area (Å²) in [5, 5.41) is 8.20. The van der Waals surface area contributed by atoms with Crippen LogP contribution in [0.15, 0.2) is 54.2 Å². The Morgan fingerprint density at radius 1 is 1.36 bits per heavy atom. The van der Waals surface area contributed by atoms with Gasteiger partial charge in [0.05, 0.1) is 5.69 Å². The summed E-state index contributed by atoms with van der Waals surface area (Å²) in [6, 6.07) is 9.27. The number of amidine groups is 1. The smallest absolute Gasteiger partial charge is 0.171 e. The number of nitrogens with zero attached hydrogens (tertiary/aromatic N) is 3. The lowest BCUT2D eigenvalue weighted by molar-refractivity contribution is 0.838. The minimum absolute atomic E-state index is 0.516. The quantitative estimate of drug-likeness (QED) is 0.669. The van der Waals surface area contributed by atoms with Gasteiger partial charge in [-0.25, -0.2) is 9.67 Å². The molecule has 0 fully saturated rings. The molecule has 1 aromatic carbocycles. The summed E-state index contributed by atoms with van der Waals surface area (Å²) >= 11 is 5.87. The average molecular weight is 316 g/mol. The molecule has 0 amide bonds. The standard InChI is InChI=1S/C16H18ClN5/c1-4-15(19-14-7-5-13(17)6-8-14)20-16(10-18)22-12(3)9-11(2)21-22/h4-10H,1,18H2,2-3H3,(H,19,20)/b16-10+. The van der Waals surface area contributed by atoms with Crippen molar-refractivity contribution < 1.29 is 0 Å². The SMILES string of the molecule is C=C/C(=N\C(=C/N)n1nc(C)cc1C)Nc1ccc(Cl)cc1. The fourth-order valence-corrected chi connectivity index (χ4v) is 2.07. The number of hydrogen-bond donors (Lipinski definition) is 2. The lowest BCUT2D eigenvalue weighted by Crippen LogP contribution is -2.11. The number of nitrogens with one attached hydrogen (secondary N) is 1. The number of anilines is 1. The van der Waals surface area contributed by atoms with Gasteiger partial charge in [0.1, 0.15) is 5.84 Å². The van der Waals surface area contributed by atoms with Crippen LogP contribution in [0, 0.1) is 13.8 Å². The van der Waals surface area contributed by atoms with E-state index in [1.807, 2.05) is 32.0 Å². The van der Waals surface area contributed by atoms with Crippen LogP contribution < -0.4 is 11.1 Å². The molecule has 0 aliphatic heterocycles. The van der Waals surface area contributed by atoms with Gasteiger partial charge in [0.2, 0.25) is 0 Å². The van der Waals surface area contributed by atoms with Crippen LogP contribution in [0.5, 0.6) is 0 Å². The summed E-state index contributed by atoms with van der Waals surface area (Å²) in [4.78, 5) is 4.47. The van der Waals surface area contributed by atoms with Crippen molar-refractivity contribution in [1.82, 2.24) is 9.78 Å². The molecule has 22 heavy (non-hydrogen) atoms. The molecule has 6 heteroatoms. The number of aliphatic imine (C=N–C) groups is 1. The molecule has 114 valence electrons. The molecule has 5 nitrogen and oxygen atoms in total. The molecule has 0 spiro atoms. The highest BCUT2D eigenvalue weighted by atomic mass is 35.5. The first-order valence-corrected chi connectivity index (χ1v) is 7.10. The van der Waals surface area contributed by atoms with Gasteiger partial charge in [-0.1, -0.05) is 18.2 Å². The van der Waals surface area contributed by atoms with Crippen molar-refractivity contribution in [2.45, 2.75) is 13.8 Å². The lowest BCUT2D eigenvalue weighted by atomic mass is 10.3. The summed E-state index contributed by atoms with van der Waals surface area (Å²) in [5.41, 5.74) is 8.40. The van der Waals surface area contributed by atoms with Gasteiger partial charge in [-0.15, -0.1) is 0 Å². The summed E-state index contributed by atoms with van der Waals surface area (Å²) < 4.78 is 1.68. The monoisotopic (exact) mass is 315 g/mol. The third-order valence-electron chi connectivity index (χ3n) is 2.92. The second kappa shape index (κ2) is 6.95. The number of halogens is 1. The van der Waals surface area contributed by atoms with E-state index in [1.54, 1.807) is 22.9 Å². The first-order chi connectivity index (χ1) is 10.5. The van der Waals surface area contributed by atoms with Crippen molar-refractivity contribution in [3.05, 3.63) is 65.6 Å². The van der Waals surface area contributed by atoms with E-state index in [-0.39, 0.29) is 0 Å². The molecule has 0 atom stereocenters. The minimum Gasteiger partial charge on any atom is -0.402 e. The van der Waals surface area contributed by atoms with Crippen LogP contribution in [0.4, 0.5) is 5.69 Å². The molecular formula is C16H18ClN5. The first kappa shape index (κ1) is 15.9. The Bertz CT molecular complexity index is 725. The van der Waals surface area contributed by atoms with Crippen LogP contribution in [0.2, 0.25) is 5.02 Å². The number of aryl methyl sites for hydroxylation is 2. The zero-order valence-electron chi connectivity index (χ0n) is 12.5. The van der Waals surface area contributed by atoms with Gasteiger partial charge >= 0.3 is 0 Å². The third-order valence-corrected chi connectivity index (χ3v) is 3.17. The van der Waals surface area contributed by atoms with Crippen LogP contribution in [0.25, 0.3) is 5.82 Å². The van der Waals surface area contributed by atoms with Crippen molar-refractivity contribution in [3.63, 3.8) is 0 Å². The van der Waals surface area contributed by atoms with Crippen LogP contribution in [0.1, 0.15) is 11.4 Å². The lowest BCUT2D eigenvalue weighted by Gasteiger charge is -2.09. The van der Waals surface area contributed by atoms with Crippen LogP contribution in [0.3, 0.4) is 0 Å². The molecule has 2 aromatic rings. The predicted octanol–water partition coefficient (Wildman–Crippen LogP) is 3.56. The maximum Gasteiger partial charge on any atom is 0.171 e.